The van der Waals surface area contributed by atoms with Gasteiger partial charge in [-0.1, -0.05) is 11.6 Å². The second kappa shape index (κ2) is 3.42. The Morgan fingerprint density at radius 2 is 2.36 bits per heavy atom. The van der Waals surface area contributed by atoms with Gasteiger partial charge in [-0.25, -0.2) is 4.98 Å². The molecule has 2 rings (SSSR count). The molecule has 0 unspecified atom stereocenters. The van der Waals surface area contributed by atoms with Crippen LogP contribution in [0.5, 0.6) is 0 Å². The van der Waals surface area contributed by atoms with Gasteiger partial charge in [-0.2, -0.15) is 0 Å². The summed E-state index contributed by atoms with van der Waals surface area (Å²) in [7, 11) is 0. The third kappa shape index (κ3) is 1.93. The summed E-state index contributed by atoms with van der Waals surface area (Å²) in [5.74, 6) is 0. The molecule has 1 aromatic heterocycles. The van der Waals surface area contributed by atoms with Crippen molar-refractivity contribution in [2.24, 2.45) is 0 Å². The van der Waals surface area contributed by atoms with E-state index in [0.29, 0.717) is 11.7 Å². The molecular weight excluding hydrogens is 206 g/mol. The second-order valence-corrected chi connectivity index (χ2v) is 3.59. The molecule has 0 aliphatic heterocycles. The zero-order chi connectivity index (χ0) is 10.1. The predicted molar refractivity (Wildman–Crippen MR) is 52.5 cm³/mol. The van der Waals surface area contributed by atoms with Gasteiger partial charge in [-0.05, 0) is 12.8 Å². The maximum atomic E-state index is 10.6. The van der Waals surface area contributed by atoms with Gasteiger partial charge in [0.1, 0.15) is 17.0 Å². The molecule has 0 radical (unpaired) electrons. The Balaban J connectivity index is 2.31. The minimum absolute atomic E-state index is 0.0266. The highest BCUT2D eigenvalue weighted by atomic mass is 35.5. The first-order valence-corrected chi connectivity index (χ1v) is 4.61. The third-order valence-corrected chi connectivity index (χ3v) is 2.19. The maximum Gasteiger partial charge on any atom is 0.310 e. The molecule has 1 aromatic rings. The molecule has 0 atom stereocenters. The molecule has 0 aromatic carbocycles. The number of aromatic nitrogens is 1. The van der Waals surface area contributed by atoms with Crippen molar-refractivity contribution in [1.29, 1.82) is 0 Å². The summed E-state index contributed by atoms with van der Waals surface area (Å²) in [6, 6.07) is 1.84. The van der Waals surface area contributed by atoms with Gasteiger partial charge >= 0.3 is 5.69 Å². The number of pyridine rings is 1. The molecule has 1 aliphatic rings. The van der Waals surface area contributed by atoms with E-state index >= 15 is 0 Å². The summed E-state index contributed by atoms with van der Waals surface area (Å²) in [6.07, 6.45) is 3.28. The lowest BCUT2D eigenvalue weighted by Gasteiger charge is -2.04. The molecule has 5 nitrogen and oxygen atoms in total. The smallest absolute Gasteiger partial charge is 0.310 e. The van der Waals surface area contributed by atoms with Crippen LogP contribution in [-0.2, 0) is 0 Å². The van der Waals surface area contributed by atoms with Gasteiger partial charge in [0.25, 0.3) is 0 Å². The Hall–Kier alpha value is -1.36. The number of nitrogens with one attached hydrogen (secondary N) is 1. The molecular formula is C8H8ClN3O2. The van der Waals surface area contributed by atoms with Crippen molar-refractivity contribution >= 4 is 23.0 Å². The summed E-state index contributed by atoms with van der Waals surface area (Å²) in [5.41, 5.74) is 0.429. The lowest BCUT2D eigenvalue weighted by Crippen LogP contribution is -2.04. The zero-order valence-corrected chi connectivity index (χ0v) is 7.99. The number of anilines is 1. The Morgan fingerprint density at radius 1 is 1.64 bits per heavy atom. The zero-order valence-electron chi connectivity index (χ0n) is 7.24. The van der Waals surface area contributed by atoms with Gasteiger partial charge in [-0.15, -0.1) is 0 Å². The van der Waals surface area contributed by atoms with Crippen molar-refractivity contribution < 1.29 is 4.92 Å². The van der Waals surface area contributed by atoms with Crippen LogP contribution in [0.25, 0.3) is 0 Å². The molecule has 1 N–H and O–H groups in total. The van der Waals surface area contributed by atoms with Gasteiger partial charge in [0.15, 0.2) is 0 Å². The first-order chi connectivity index (χ1) is 6.66. The lowest BCUT2D eigenvalue weighted by molar-refractivity contribution is -0.384. The van der Waals surface area contributed by atoms with Crippen molar-refractivity contribution in [1.82, 2.24) is 4.98 Å². The predicted octanol–water partition coefficient (Wildman–Crippen LogP) is 2.22. The number of hydrogen-bond acceptors (Lipinski definition) is 4. The van der Waals surface area contributed by atoms with E-state index in [1.54, 1.807) is 0 Å². The Labute approximate surface area is 85.2 Å². The van der Waals surface area contributed by atoms with Crippen LogP contribution in [0.4, 0.5) is 11.4 Å². The maximum absolute atomic E-state index is 10.6. The van der Waals surface area contributed by atoms with Crippen LogP contribution in [0.15, 0.2) is 12.3 Å². The molecule has 0 saturated heterocycles. The average molecular weight is 214 g/mol. The molecule has 1 fully saturated rings. The van der Waals surface area contributed by atoms with Crippen molar-refractivity contribution in [3.05, 3.63) is 27.5 Å². The molecule has 0 amide bonds. The van der Waals surface area contributed by atoms with Crippen LogP contribution in [0.3, 0.4) is 0 Å². The van der Waals surface area contributed by atoms with E-state index in [1.165, 1.54) is 12.3 Å². The monoisotopic (exact) mass is 213 g/mol. The highest BCUT2D eigenvalue weighted by molar-refractivity contribution is 6.29. The summed E-state index contributed by atoms with van der Waals surface area (Å²) in [5, 5.41) is 13.9. The molecule has 1 saturated carbocycles. The largest absolute Gasteiger partial charge is 0.377 e. The summed E-state index contributed by atoms with van der Waals surface area (Å²) in [4.78, 5) is 13.8. The highest BCUT2D eigenvalue weighted by Gasteiger charge is 2.25. The van der Waals surface area contributed by atoms with Crippen LogP contribution in [0, 0.1) is 10.1 Å². The minimum atomic E-state index is -0.464. The van der Waals surface area contributed by atoms with Crippen LogP contribution in [0.2, 0.25) is 5.15 Å². The van der Waals surface area contributed by atoms with Crippen molar-refractivity contribution in [2.75, 3.05) is 5.32 Å². The fourth-order valence-electron chi connectivity index (χ4n) is 1.13. The number of rotatable bonds is 3. The van der Waals surface area contributed by atoms with E-state index in [-0.39, 0.29) is 10.8 Å². The summed E-state index contributed by atoms with van der Waals surface area (Å²) < 4.78 is 0. The second-order valence-electron chi connectivity index (χ2n) is 3.20. The Morgan fingerprint density at radius 3 is 2.93 bits per heavy atom. The average Bonchev–Trinajstić information content (AvgIpc) is 2.87. The van der Waals surface area contributed by atoms with E-state index in [0.717, 1.165) is 12.8 Å². The fraction of sp³-hybridized carbons (Fsp3) is 0.375. The van der Waals surface area contributed by atoms with Crippen LogP contribution < -0.4 is 5.32 Å². The van der Waals surface area contributed by atoms with Gasteiger partial charge in [0.05, 0.1) is 4.92 Å². The minimum Gasteiger partial charge on any atom is -0.377 e. The first-order valence-electron chi connectivity index (χ1n) is 4.23. The Bertz CT molecular complexity index is 379. The van der Waals surface area contributed by atoms with E-state index in [1.807, 2.05) is 0 Å². The van der Waals surface area contributed by atoms with Gasteiger partial charge in [-0.3, -0.25) is 10.1 Å². The molecule has 74 valence electrons. The topological polar surface area (TPSA) is 68.1 Å². The quantitative estimate of drug-likeness (QED) is 0.475. The van der Waals surface area contributed by atoms with Crippen LogP contribution in [0.1, 0.15) is 12.8 Å². The first kappa shape index (κ1) is 9.21. The fourth-order valence-corrected chi connectivity index (χ4v) is 1.29. The molecule has 6 heteroatoms. The van der Waals surface area contributed by atoms with E-state index < -0.39 is 4.92 Å². The van der Waals surface area contributed by atoms with E-state index in [9.17, 15) is 10.1 Å². The summed E-state index contributed by atoms with van der Waals surface area (Å²) in [6.45, 7) is 0. The Kier molecular flexibility index (Phi) is 2.25. The normalized spacial score (nSPS) is 15.2. The van der Waals surface area contributed by atoms with Gasteiger partial charge in [0.2, 0.25) is 0 Å². The van der Waals surface area contributed by atoms with Crippen molar-refractivity contribution in [3.8, 4) is 0 Å². The lowest BCUT2D eigenvalue weighted by atomic mass is 10.3. The molecule has 1 aliphatic carbocycles. The van der Waals surface area contributed by atoms with E-state index in [2.05, 4.69) is 10.3 Å². The van der Waals surface area contributed by atoms with Crippen molar-refractivity contribution in [3.63, 3.8) is 0 Å². The van der Waals surface area contributed by atoms with Crippen molar-refractivity contribution in [2.45, 2.75) is 18.9 Å². The number of nitrogens with zero attached hydrogens (tertiary/aromatic N) is 2. The van der Waals surface area contributed by atoms with E-state index in [4.69, 9.17) is 11.6 Å². The molecule has 0 spiro atoms. The van der Waals surface area contributed by atoms with Crippen LogP contribution >= 0.6 is 11.6 Å². The molecule has 1 heterocycles. The third-order valence-electron chi connectivity index (χ3n) is 1.98. The highest BCUT2D eigenvalue weighted by Crippen LogP contribution is 2.31. The molecule has 0 bridgehead atoms. The van der Waals surface area contributed by atoms with Gasteiger partial charge in [0, 0.05) is 12.1 Å². The number of nitro groups is 1. The SMILES string of the molecule is O=[N+]([O-])c1cnc(Cl)cc1NC1CC1. The van der Waals surface area contributed by atoms with Crippen LogP contribution in [-0.4, -0.2) is 15.9 Å². The standard InChI is InChI=1S/C8H8ClN3O2/c9-8-3-6(11-5-1-2-5)7(4-10-8)12(13)14/h3-5H,1-2H2,(H,10,11). The van der Waals surface area contributed by atoms with Gasteiger partial charge < -0.3 is 5.32 Å². The number of hydrogen-bond donors (Lipinski definition) is 1. The molecule has 14 heavy (non-hydrogen) atoms. The summed E-state index contributed by atoms with van der Waals surface area (Å²) >= 11 is 5.65. The number of halogens is 1.